The van der Waals surface area contributed by atoms with Crippen LogP contribution in [0.4, 0.5) is 5.69 Å². The summed E-state index contributed by atoms with van der Waals surface area (Å²) in [4.78, 5) is 12.0. The van der Waals surface area contributed by atoms with E-state index in [4.69, 9.17) is 17.0 Å². The lowest BCUT2D eigenvalue weighted by Crippen LogP contribution is -2.35. The number of nitrogens with one attached hydrogen (secondary N) is 2. The van der Waals surface area contributed by atoms with Crippen LogP contribution in [0.3, 0.4) is 0 Å². The third kappa shape index (κ3) is 3.78. The van der Waals surface area contributed by atoms with Crippen LogP contribution in [0.15, 0.2) is 59.7 Å². The van der Waals surface area contributed by atoms with Gasteiger partial charge in [0.2, 0.25) is 0 Å². The van der Waals surface area contributed by atoms with Crippen molar-refractivity contribution >= 4 is 34.7 Å². The zero-order chi connectivity index (χ0) is 16.9. The van der Waals surface area contributed by atoms with E-state index in [1.54, 1.807) is 6.07 Å². The second kappa shape index (κ2) is 7.23. The Morgan fingerprint density at radius 1 is 1.17 bits per heavy atom. The monoisotopic (exact) mass is 339 g/mol. The molecule has 2 N–H and O–H groups in total. The zero-order valence-electron chi connectivity index (χ0n) is 13.2. The molecule has 24 heavy (non-hydrogen) atoms. The molecule has 0 aliphatic carbocycles. The number of nitrogens with zero attached hydrogens (tertiary/aromatic N) is 1. The lowest BCUT2D eigenvalue weighted by Gasteiger charge is -2.24. The first-order valence-electron chi connectivity index (χ1n) is 7.58. The summed E-state index contributed by atoms with van der Waals surface area (Å²) in [6.45, 7) is 1.81. The molecule has 0 saturated carbocycles. The summed E-state index contributed by atoms with van der Waals surface area (Å²) in [6, 6.07) is 17.0. The predicted octanol–water partition coefficient (Wildman–Crippen LogP) is 3.13. The Morgan fingerprint density at radius 3 is 2.67 bits per heavy atom. The van der Waals surface area contributed by atoms with Crippen LogP contribution in [0.1, 0.15) is 22.8 Å². The third-order valence-electron chi connectivity index (χ3n) is 3.72. The molecular formula is C18H17N3O2S. The number of hydrogen-bond acceptors (Lipinski definition) is 4. The Kier molecular flexibility index (Phi) is 4.86. The van der Waals surface area contributed by atoms with Gasteiger partial charge in [0.25, 0.3) is 0 Å². The lowest BCUT2D eigenvalue weighted by molar-refractivity contribution is 0.0389. The molecule has 0 fully saturated rings. The highest BCUT2D eigenvalue weighted by Gasteiger charge is 2.27. The molecule has 1 heterocycles. The van der Waals surface area contributed by atoms with Gasteiger partial charge in [-0.05, 0) is 42.9 Å². The minimum absolute atomic E-state index is 0.318. The molecule has 0 aromatic heterocycles. The van der Waals surface area contributed by atoms with Gasteiger partial charge in [-0.2, -0.15) is 5.10 Å². The first-order valence-corrected chi connectivity index (χ1v) is 7.99. The van der Waals surface area contributed by atoms with Crippen molar-refractivity contribution in [2.75, 3.05) is 5.32 Å². The van der Waals surface area contributed by atoms with E-state index in [1.807, 2.05) is 55.5 Å². The number of cyclic esters (lactones) is 1. The van der Waals surface area contributed by atoms with E-state index in [0.29, 0.717) is 22.8 Å². The topological polar surface area (TPSA) is 62.7 Å². The Labute approximate surface area is 145 Å². The van der Waals surface area contributed by atoms with E-state index >= 15 is 0 Å². The summed E-state index contributed by atoms with van der Waals surface area (Å²) in [6.07, 6.45) is 0.220. The lowest BCUT2D eigenvalue weighted by atomic mass is 9.97. The van der Waals surface area contributed by atoms with Crippen LogP contribution in [0.25, 0.3) is 0 Å². The van der Waals surface area contributed by atoms with E-state index in [2.05, 4.69) is 15.8 Å². The molecule has 1 aliphatic heterocycles. The van der Waals surface area contributed by atoms with Crippen molar-refractivity contribution in [3.63, 3.8) is 0 Å². The predicted molar refractivity (Wildman–Crippen MR) is 98.3 cm³/mol. The number of fused-ring (bicyclic) bond motifs is 1. The van der Waals surface area contributed by atoms with E-state index in [0.717, 1.165) is 11.3 Å². The minimum atomic E-state index is -0.389. The minimum Gasteiger partial charge on any atom is -0.452 e. The number of para-hydroxylation sites is 1. The maximum Gasteiger partial charge on any atom is 0.339 e. The third-order valence-corrected chi connectivity index (χ3v) is 3.92. The van der Waals surface area contributed by atoms with Crippen LogP contribution in [-0.4, -0.2) is 22.9 Å². The van der Waals surface area contributed by atoms with Gasteiger partial charge in [0.15, 0.2) is 5.11 Å². The fraction of sp³-hybridized carbons (Fsp3) is 0.167. The molecule has 0 bridgehead atoms. The normalized spacial score (nSPS) is 16.8. The Hall–Kier alpha value is -2.73. The highest BCUT2D eigenvalue weighted by molar-refractivity contribution is 7.80. The van der Waals surface area contributed by atoms with Crippen molar-refractivity contribution in [1.82, 2.24) is 5.43 Å². The summed E-state index contributed by atoms with van der Waals surface area (Å²) in [5.41, 5.74) is 5.91. The van der Waals surface area contributed by atoms with Gasteiger partial charge in [-0.25, -0.2) is 4.79 Å². The standard InChI is InChI=1S/C18H17N3O2S/c1-12(20-21-18(24)19-14-8-3-2-4-9-14)16-11-13-7-5-6-10-15(13)17(22)23-16/h2-10,16H,11H2,1H3,(H2,19,21,24)/b20-12-/t16-/m1/s1. The van der Waals surface area contributed by atoms with E-state index in [-0.39, 0.29) is 12.1 Å². The largest absolute Gasteiger partial charge is 0.452 e. The van der Waals surface area contributed by atoms with Gasteiger partial charge in [0, 0.05) is 12.1 Å². The van der Waals surface area contributed by atoms with Crippen LogP contribution < -0.4 is 10.7 Å². The molecule has 0 radical (unpaired) electrons. The molecule has 3 rings (SSSR count). The van der Waals surface area contributed by atoms with Gasteiger partial charge in [0.1, 0.15) is 6.10 Å². The molecule has 2 aromatic carbocycles. The molecule has 0 spiro atoms. The van der Waals surface area contributed by atoms with Gasteiger partial charge in [-0.3, -0.25) is 5.43 Å². The van der Waals surface area contributed by atoms with E-state index in [9.17, 15) is 4.79 Å². The molecule has 1 atom stereocenters. The Balaban J connectivity index is 1.62. The first kappa shape index (κ1) is 16.1. The number of hydrogen-bond donors (Lipinski definition) is 2. The van der Waals surface area contributed by atoms with Crippen molar-refractivity contribution < 1.29 is 9.53 Å². The average Bonchev–Trinajstić information content (AvgIpc) is 2.60. The smallest absolute Gasteiger partial charge is 0.339 e. The summed E-state index contributed by atoms with van der Waals surface area (Å²) < 4.78 is 5.45. The van der Waals surface area contributed by atoms with Crippen LogP contribution in [0.5, 0.6) is 0 Å². The number of benzene rings is 2. The highest BCUT2D eigenvalue weighted by Crippen LogP contribution is 2.21. The summed E-state index contributed by atoms with van der Waals surface area (Å²) in [5, 5.41) is 7.64. The summed E-state index contributed by atoms with van der Waals surface area (Å²) in [7, 11) is 0. The second-order valence-electron chi connectivity index (χ2n) is 5.44. The number of ether oxygens (including phenoxy) is 1. The quantitative estimate of drug-likeness (QED) is 0.389. The molecule has 6 heteroatoms. The van der Waals surface area contributed by atoms with Gasteiger partial charge >= 0.3 is 5.97 Å². The van der Waals surface area contributed by atoms with Gasteiger partial charge in [0.05, 0.1) is 11.3 Å². The molecule has 2 aromatic rings. The molecular weight excluding hydrogens is 322 g/mol. The molecule has 0 amide bonds. The highest BCUT2D eigenvalue weighted by atomic mass is 32.1. The fourth-order valence-corrected chi connectivity index (χ4v) is 2.62. The number of carbonyl (C=O) groups excluding carboxylic acids is 1. The van der Waals surface area contributed by atoms with Crippen LogP contribution in [0.2, 0.25) is 0 Å². The first-order chi connectivity index (χ1) is 11.6. The van der Waals surface area contributed by atoms with Gasteiger partial charge < -0.3 is 10.1 Å². The van der Waals surface area contributed by atoms with Crippen molar-refractivity contribution in [2.24, 2.45) is 5.10 Å². The number of rotatable bonds is 3. The van der Waals surface area contributed by atoms with Gasteiger partial charge in [-0.1, -0.05) is 36.4 Å². The van der Waals surface area contributed by atoms with E-state index < -0.39 is 0 Å². The number of hydrazone groups is 1. The van der Waals surface area contributed by atoms with Crippen LogP contribution in [0, 0.1) is 0 Å². The molecule has 0 unspecified atom stereocenters. The van der Waals surface area contributed by atoms with Crippen LogP contribution in [-0.2, 0) is 11.2 Å². The fourth-order valence-electron chi connectivity index (χ4n) is 2.46. The number of anilines is 1. The van der Waals surface area contributed by atoms with Crippen molar-refractivity contribution in [3.8, 4) is 0 Å². The molecule has 1 aliphatic rings. The van der Waals surface area contributed by atoms with Gasteiger partial charge in [-0.15, -0.1) is 0 Å². The number of thiocarbonyl (C=S) groups is 1. The zero-order valence-corrected chi connectivity index (χ0v) is 14.0. The van der Waals surface area contributed by atoms with Crippen molar-refractivity contribution in [2.45, 2.75) is 19.4 Å². The van der Waals surface area contributed by atoms with Crippen LogP contribution >= 0.6 is 12.2 Å². The Morgan fingerprint density at radius 2 is 1.88 bits per heavy atom. The SMILES string of the molecule is C/C(=N/NC(=S)Nc1ccccc1)[C@H]1Cc2ccccc2C(=O)O1. The summed E-state index contributed by atoms with van der Waals surface area (Å²) in [5.74, 6) is -0.318. The van der Waals surface area contributed by atoms with E-state index in [1.165, 1.54) is 0 Å². The Bertz CT molecular complexity index is 790. The average molecular weight is 339 g/mol. The molecule has 0 saturated heterocycles. The maximum absolute atomic E-state index is 12.0. The summed E-state index contributed by atoms with van der Waals surface area (Å²) >= 11 is 5.20. The van der Waals surface area contributed by atoms with Crippen molar-refractivity contribution in [1.29, 1.82) is 0 Å². The number of esters is 1. The number of carbonyl (C=O) groups is 1. The maximum atomic E-state index is 12.0. The molecule has 122 valence electrons. The van der Waals surface area contributed by atoms with Crippen molar-refractivity contribution in [3.05, 3.63) is 65.7 Å². The molecule has 5 nitrogen and oxygen atoms in total. The second-order valence-corrected chi connectivity index (χ2v) is 5.85.